The first-order valence-corrected chi connectivity index (χ1v) is 10.5. The number of pyridine rings is 2. The number of aromatic nitrogens is 3. The van der Waals surface area contributed by atoms with E-state index in [1.54, 1.807) is 18.5 Å². The number of benzene rings is 1. The molecule has 0 saturated carbocycles. The zero-order chi connectivity index (χ0) is 21.9. The Balaban J connectivity index is 1.41. The first-order chi connectivity index (χ1) is 15.7. The fourth-order valence-electron chi connectivity index (χ4n) is 3.76. The van der Waals surface area contributed by atoms with Crippen molar-refractivity contribution in [3.8, 4) is 23.0 Å². The van der Waals surface area contributed by atoms with Gasteiger partial charge in [0.2, 0.25) is 0 Å². The van der Waals surface area contributed by atoms with Gasteiger partial charge in [0.05, 0.1) is 6.20 Å². The number of hydrogen-bond donors (Lipinski definition) is 2. The Labute approximate surface area is 185 Å². The molecule has 32 heavy (non-hydrogen) atoms. The van der Waals surface area contributed by atoms with Gasteiger partial charge in [-0.25, -0.2) is 9.97 Å². The lowest BCUT2D eigenvalue weighted by molar-refractivity contribution is 0.0736. The molecule has 0 spiro atoms. The lowest BCUT2D eigenvalue weighted by atomic mass is 10.0. The van der Waals surface area contributed by atoms with Crippen molar-refractivity contribution in [3.05, 3.63) is 83.9 Å². The summed E-state index contributed by atoms with van der Waals surface area (Å²) in [5.74, 6) is 6.80. The Morgan fingerprint density at radius 1 is 0.969 bits per heavy atom. The molecular weight excluding hydrogens is 400 g/mol. The van der Waals surface area contributed by atoms with Crippen LogP contribution in [0.3, 0.4) is 0 Å². The van der Waals surface area contributed by atoms with Gasteiger partial charge in [0.1, 0.15) is 17.2 Å². The van der Waals surface area contributed by atoms with Crippen molar-refractivity contribution in [1.82, 2.24) is 24.6 Å². The maximum atomic E-state index is 12.7. The van der Waals surface area contributed by atoms with E-state index >= 15 is 0 Å². The van der Waals surface area contributed by atoms with Gasteiger partial charge in [-0.3, -0.25) is 9.20 Å². The maximum Gasteiger partial charge on any atom is 0.253 e. The monoisotopic (exact) mass is 422 g/mol. The molecule has 0 atom stereocenters. The number of rotatable bonds is 2. The molecule has 1 aliphatic heterocycles. The van der Waals surface area contributed by atoms with Crippen LogP contribution in [-0.4, -0.2) is 51.4 Å². The number of nitrogens with two attached hydrogens (primary N) is 1. The molecule has 1 amide bonds. The van der Waals surface area contributed by atoms with E-state index < -0.39 is 0 Å². The molecule has 1 aliphatic rings. The Morgan fingerprint density at radius 3 is 2.53 bits per heavy atom. The topological polar surface area (TPSA) is 88.5 Å². The molecule has 7 nitrogen and oxygen atoms in total. The van der Waals surface area contributed by atoms with Gasteiger partial charge in [0.25, 0.3) is 5.91 Å². The van der Waals surface area contributed by atoms with Crippen LogP contribution in [0.4, 0.5) is 5.82 Å². The molecule has 3 aromatic heterocycles. The molecule has 1 aromatic carbocycles. The number of nitrogens with zero attached hydrogens (tertiary/aromatic N) is 4. The lowest BCUT2D eigenvalue weighted by Gasteiger charge is -2.27. The molecule has 158 valence electrons. The number of carbonyl (C=O) groups excluding carboxylic acids is 1. The van der Waals surface area contributed by atoms with Crippen LogP contribution in [0.15, 0.2) is 67.1 Å². The van der Waals surface area contributed by atoms with Crippen LogP contribution in [0.1, 0.15) is 21.6 Å². The van der Waals surface area contributed by atoms with Gasteiger partial charge < -0.3 is 16.0 Å². The number of hydrogen-bond acceptors (Lipinski definition) is 5. The Hall–Kier alpha value is -4.15. The first-order valence-electron chi connectivity index (χ1n) is 10.5. The molecule has 0 radical (unpaired) electrons. The third-order valence-electron chi connectivity index (χ3n) is 5.49. The maximum absolute atomic E-state index is 12.7. The fraction of sp³-hybridized carbons (Fsp3) is 0.160. The Bertz CT molecular complexity index is 1340. The van der Waals surface area contributed by atoms with Gasteiger partial charge in [-0.1, -0.05) is 18.1 Å². The largest absolute Gasteiger partial charge is 0.384 e. The number of fused-ring (bicyclic) bond motifs is 1. The van der Waals surface area contributed by atoms with Gasteiger partial charge in [-0.15, -0.1) is 0 Å². The van der Waals surface area contributed by atoms with E-state index in [0.29, 0.717) is 11.4 Å². The summed E-state index contributed by atoms with van der Waals surface area (Å²) < 4.78 is 1.96. The number of amides is 1. The standard InChI is InChI=1S/C25H22N6O/c26-23-15-18(9-10-28-23)1-7-22-16-29-24-8-6-21(17-31(22)24)19-2-4-20(5-3-19)25(32)30-13-11-27-12-14-30/h2-6,8-10,15-17,27H,11-14H2,(H2,26,28). The molecule has 0 aliphatic carbocycles. The van der Waals surface area contributed by atoms with Gasteiger partial charge in [0.15, 0.2) is 0 Å². The number of anilines is 1. The fourth-order valence-corrected chi connectivity index (χ4v) is 3.76. The molecule has 0 bridgehead atoms. The minimum absolute atomic E-state index is 0.0809. The molecular formula is C25H22N6O. The van der Waals surface area contributed by atoms with Crippen molar-refractivity contribution >= 4 is 17.4 Å². The molecule has 5 rings (SSSR count). The van der Waals surface area contributed by atoms with E-state index in [9.17, 15) is 4.79 Å². The van der Waals surface area contributed by atoms with E-state index in [0.717, 1.165) is 54.2 Å². The van der Waals surface area contributed by atoms with Crippen molar-refractivity contribution in [1.29, 1.82) is 0 Å². The second kappa shape index (κ2) is 8.53. The summed E-state index contributed by atoms with van der Waals surface area (Å²) >= 11 is 0. The number of carbonyl (C=O) groups is 1. The number of piperazine rings is 1. The van der Waals surface area contributed by atoms with Crippen LogP contribution < -0.4 is 11.1 Å². The van der Waals surface area contributed by atoms with Crippen LogP contribution in [0, 0.1) is 11.8 Å². The number of nitrogen functional groups attached to an aromatic ring is 1. The van der Waals surface area contributed by atoms with Crippen LogP contribution >= 0.6 is 0 Å². The number of nitrogens with one attached hydrogen (secondary N) is 1. The summed E-state index contributed by atoms with van der Waals surface area (Å²) in [6.45, 7) is 3.17. The molecule has 1 fully saturated rings. The highest BCUT2D eigenvalue weighted by molar-refractivity contribution is 5.94. The molecule has 3 N–H and O–H groups in total. The molecule has 0 unspecified atom stereocenters. The van der Waals surface area contributed by atoms with E-state index in [1.165, 1.54) is 0 Å². The van der Waals surface area contributed by atoms with Crippen LogP contribution in [0.25, 0.3) is 16.8 Å². The molecule has 4 heterocycles. The van der Waals surface area contributed by atoms with Crippen molar-refractivity contribution < 1.29 is 4.79 Å². The third-order valence-corrected chi connectivity index (χ3v) is 5.49. The van der Waals surface area contributed by atoms with Gasteiger partial charge in [-0.05, 0) is 53.4 Å². The van der Waals surface area contributed by atoms with Crippen molar-refractivity contribution in [2.75, 3.05) is 31.9 Å². The predicted molar refractivity (Wildman–Crippen MR) is 124 cm³/mol. The summed E-state index contributed by atoms with van der Waals surface area (Å²) in [5.41, 5.74) is 10.9. The normalized spacial score (nSPS) is 13.6. The zero-order valence-electron chi connectivity index (χ0n) is 17.5. The molecule has 1 saturated heterocycles. The first kappa shape index (κ1) is 19.8. The van der Waals surface area contributed by atoms with Gasteiger partial charge in [-0.2, -0.15) is 0 Å². The van der Waals surface area contributed by atoms with Gasteiger partial charge >= 0.3 is 0 Å². The summed E-state index contributed by atoms with van der Waals surface area (Å²) in [4.78, 5) is 23.0. The van der Waals surface area contributed by atoms with E-state index in [2.05, 4.69) is 27.1 Å². The quantitative estimate of drug-likeness (QED) is 0.485. The molecule has 4 aromatic rings. The minimum Gasteiger partial charge on any atom is -0.384 e. The predicted octanol–water partition coefficient (Wildman–Crippen LogP) is 2.42. The van der Waals surface area contributed by atoms with Crippen LogP contribution in [0.2, 0.25) is 0 Å². The number of imidazole rings is 1. The van der Waals surface area contributed by atoms with Crippen LogP contribution in [0.5, 0.6) is 0 Å². The highest BCUT2D eigenvalue weighted by atomic mass is 16.2. The summed E-state index contributed by atoms with van der Waals surface area (Å²) in [6.07, 6.45) is 5.41. The second-order valence-corrected chi connectivity index (χ2v) is 7.63. The highest BCUT2D eigenvalue weighted by Gasteiger charge is 2.17. The van der Waals surface area contributed by atoms with Crippen LogP contribution in [-0.2, 0) is 0 Å². The van der Waals surface area contributed by atoms with Crippen molar-refractivity contribution in [2.24, 2.45) is 0 Å². The van der Waals surface area contributed by atoms with E-state index in [4.69, 9.17) is 5.73 Å². The smallest absolute Gasteiger partial charge is 0.253 e. The second-order valence-electron chi connectivity index (χ2n) is 7.63. The zero-order valence-corrected chi connectivity index (χ0v) is 17.5. The highest BCUT2D eigenvalue weighted by Crippen LogP contribution is 2.22. The Morgan fingerprint density at radius 2 is 1.75 bits per heavy atom. The molecule has 7 heteroatoms. The summed E-state index contributed by atoms with van der Waals surface area (Å²) in [5, 5.41) is 3.27. The third kappa shape index (κ3) is 4.04. The van der Waals surface area contributed by atoms with Crippen molar-refractivity contribution in [2.45, 2.75) is 0 Å². The van der Waals surface area contributed by atoms with E-state index in [-0.39, 0.29) is 5.91 Å². The SMILES string of the molecule is Nc1cc(C#Cc2cnc3ccc(-c4ccc(C(=O)N5CCNCC5)cc4)cn23)ccn1. The summed E-state index contributed by atoms with van der Waals surface area (Å²) in [7, 11) is 0. The lowest BCUT2D eigenvalue weighted by Crippen LogP contribution is -2.46. The minimum atomic E-state index is 0.0809. The average Bonchev–Trinajstić information content (AvgIpc) is 3.25. The van der Waals surface area contributed by atoms with Crippen molar-refractivity contribution in [3.63, 3.8) is 0 Å². The Kier molecular flexibility index (Phi) is 5.28. The van der Waals surface area contributed by atoms with E-state index in [1.807, 2.05) is 58.0 Å². The summed E-state index contributed by atoms with van der Waals surface area (Å²) in [6, 6.07) is 15.3. The average molecular weight is 422 g/mol. The van der Waals surface area contributed by atoms with Gasteiger partial charge in [0, 0.05) is 49.7 Å².